The van der Waals surface area contributed by atoms with Gasteiger partial charge in [-0.05, 0) is 31.2 Å². The van der Waals surface area contributed by atoms with Crippen LogP contribution in [0, 0.1) is 11.3 Å². The van der Waals surface area contributed by atoms with Gasteiger partial charge in [0.1, 0.15) is 15.6 Å². The second-order valence-corrected chi connectivity index (χ2v) is 6.56. The predicted molar refractivity (Wildman–Crippen MR) is 73.7 cm³/mol. The minimum absolute atomic E-state index is 0.176. The molecular weight excluding hydrogens is 264 g/mol. The normalized spacial score (nSPS) is 11.0. The molecule has 1 aromatic rings. The molecule has 1 aromatic carbocycles. The number of benzene rings is 1. The van der Waals surface area contributed by atoms with E-state index in [1.807, 2.05) is 0 Å². The maximum Gasteiger partial charge on any atom is 0.147 e. The number of rotatable bonds is 7. The highest BCUT2D eigenvalue weighted by Crippen LogP contribution is 2.19. The fourth-order valence-corrected chi connectivity index (χ4v) is 2.34. The van der Waals surface area contributed by atoms with Crippen LogP contribution in [-0.2, 0) is 16.4 Å². The Morgan fingerprint density at radius 2 is 2.16 bits per heavy atom. The molecule has 5 nitrogen and oxygen atoms in total. The van der Waals surface area contributed by atoms with Gasteiger partial charge in [-0.25, -0.2) is 8.42 Å². The molecule has 0 atom stereocenters. The lowest BCUT2D eigenvalue weighted by molar-refractivity contribution is 0.407. The molecule has 1 rings (SSSR count). The molecule has 0 aliphatic heterocycles. The van der Waals surface area contributed by atoms with Crippen LogP contribution >= 0.6 is 0 Å². The topological polar surface area (TPSA) is 79.2 Å². The number of methoxy groups -OCH3 is 1. The van der Waals surface area contributed by atoms with Crippen LogP contribution < -0.4 is 10.1 Å². The standard InChI is InChI=1S/C13H18N2O3S/c1-18-13-5-4-11(9-14)8-12(13)10-15-6-3-7-19(2,16)17/h4-5,8,15H,3,6-7,10H2,1-2H3. The van der Waals surface area contributed by atoms with Crippen molar-refractivity contribution in [3.05, 3.63) is 29.3 Å². The van der Waals surface area contributed by atoms with Gasteiger partial charge in [-0.2, -0.15) is 5.26 Å². The quantitative estimate of drug-likeness (QED) is 0.757. The maximum atomic E-state index is 11.0. The van der Waals surface area contributed by atoms with E-state index in [0.717, 1.165) is 11.3 Å². The third-order valence-electron chi connectivity index (χ3n) is 2.59. The summed E-state index contributed by atoms with van der Waals surface area (Å²) >= 11 is 0. The molecule has 0 bridgehead atoms. The van der Waals surface area contributed by atoms with Gasteiger partial charge in [-0.1, -0.05) is 0 Å². The Morgan fingerprint density at radius 1 is 1.42 bits per heavy atom. The fourth-order valence-electron chi connectivity index (χ4n) is 1.67. The lowest BCUT2D eigenvalue weighted by Crippen LogP contribution is -2.18. The van der Waals surface area contributed by atoms with Gasteiger partial charge >= 0.3 is 0 Å². The monoisotopic (exact) mass is 282 g/mol. The van der Waals surface area contributed by atoms with Crippen LogP contribution in [0.5, 0.6) is 5.75 Å². The van der Waals surface area contributed by atoms with Gasteiger partial charge in [0.2, 0.25) is 0 Å². The molecule has 0 saturated carbocycles. The second-order valence-electron chi connectivity index (χ2n) is 4.30. The maximum absolute atomic E-state index is 11.0. The molecule has 0 aromatic heterocycles. The van der Waals surface area contributed by atoms with Crippen LogP contribution in [0.3, 0.4) is 0 Å². The Hall–Kier alpha value is -1.58. The summed E-state index contributed by atoms with van der Waals surface area (Å²) in [7, 11) is -1.32. The molecule has 0 aliphatic rings. The molecule has 0 fully saturated rings. The number of hydrogen-bond donors (Lipinski definition) is 1. The van der Waals surface area contributed by atoms with Crippen molar-refractivity contribution >= 4 is 9.84 Å². The Labute approximate surface area is 114 Å². The minimum atomic E-state index is -2.90. The van der Waals surface area contributed by atoms with Gasteiger partial charge in [0.05, 0.1) is 24.5 Å². The summed E-state index contributed by atoms with van der Waals surface area (Å²) in [5, 5.41) is 12.0. The van der Waals surface area contributed by atoms with Crippen LogP contribution in [-0.4, -0.2) is 34.1 Å². The zero-order valence-electron chi connectivity index (χ0n) is 11.1. The molecule has 1 N–H and O–H groups in total. The molecule has 0 aliphatic carbocycles. The molecule has 0 radical (unpaired) electrons. The highest BCUT2D eigenvalue weighted by Gasteiger charge is 2.05. The number of ether oxygens (including phenoxy) is 1. The van der Waals surface area contributed by atoms with Crippen molar-refractivity contribution in [3.8, 4) is 11.8 Å². The molecule has 6 heteroatoms. The van der Waals surface area contributed by atoms with Gasteiger partial charge < -0.3 is 10.1 Å². The predicted octanol–water partition coefficient (Wildman–Crippen LogP) is 1.09. The molecule has 0 heterocycles. The van der Waals surface area contributed by atoms with E-state index in [9.17, 15) is 8.42 Å². The summed E-state index contributed by atoms with van der Waals surface area (Å²) in [6.45, 7) is 1.15. The van der Waals surface area contributed by atoms with Gasteiger partial charge in [-0.15, -0.1) is 0 Å². The summed E-state index contributed by atoms with van der Waals surface area (Å²) < 4.78 is 27.1. The summed E-state index contributed by atoms with van der Waals surface area (Å²) in [6.07, 6.45) is 1.80. The molecule has 104 valence electrons. The first-order valence-electron chi connectivity index (χ1n) is 5.91. The number of hydrogen-bond acceptors (Lipinski definition) is 5. The van der Waals surface area contributed by atoms with Crippen molar-refractivity contribution in [1.82, 2.24) is 5.32 Å². The zero-order chi connectivity index (χ0) is 14.3. The van der Waals surface area contributed by atoms with E-state index < -0.39 is 9.84 Å². The number of nitriles is 1. The zero-order valence-corrected chi connectivity index (χ0v) is 12.0. The largest absolute Gasteiger partial charge is 0.496 e. The van der Waals surface area contributed by atoms with Gasteiger partial charge in [0, 0.05) is 18.4 Å². The third-order valence-corrected chi connectivity index (χ3v) is 3.62. The summed E-state index contributed by atoms with van der Waals surface area (Å²) in [4.78, 5) is 0. The highest BCUT2D eigenvalue weighted by molar-refractivity contribution is 7.90. The first-order chi connectivity index (χ1) is 8.96. The van der Waals surface area contributed by atoms with Crippen molar-refractivity contribution in [2.45, 2.75) is 13.0 Å². The van der Waals surface area contributed by atoms with Gasteiger partial charge in [-0.3, -0.25) is 0 Å². The molecule has 0 spiro atoms. The van der Waals surface area contributed by atoms with Crippen LogP contribution in [0.25, 0.3) is 0 Å². The fraction of sp³-hybridized carbons (Fsp3) is 0.462. The Morgan fingerprint density at radius 3 is 2.74 bits per heavy atom. The van der Waals surface area contributed by atoms with E-state index in [0.29, 0.717) is 25.1 Å². The van der Waals surface area contributed by atoms with E-state index in [1.54, 1.807) is 25.3 Å². The van der Waals surface area contributed by atoms with E-state index in [-0.39, 0.29) is 5.75 Å². The first kappa shape index (κ1) is 15.5. The van der Waals surface area contributed by atoms with Gasteiger partial charge in [0.25, 0.3) is 0 Å². The van der Waals surface area contributed by atoms with E-state index in [1.165, 1.54) is 6.26 Å². The van der Waals surface area contributed by atoms with Crippen LogP contribution in [0.1, 0.15) is 17.5 Å². The van der Waals surface area contributed by atoms with Crippen molar-refractivity contribution in [2.75, 3.05) is 25.7 Å². The highest BCUT2D eigenvalue weighted by atomic mass is 32.2. The molecule has 0 unspecified atom stereocenters. The van der Waals surface area contributed by atoms with E-state index in [4.69, 9.17) is 10.00 Å². The number of nitrogens with one attached hydrogen (secondary N) is 1. The summed E-state index contributed by atoms with van der Waals surface area (Å²) in [5.41, 5.74) is 1.47. The van der Waals surface area contributed by atoms with E-state index in [2.05, 4.69) is 11.4 Å². The van der Waals surface area contributed by atoms with Crippen LogP contribution in [0.4, 0.5) is 0 Å². The Bertz CT molecular complexity index is 562. The first-order valence-corrected chi connectivity index (χ1v) is 7.98. The lowest BCUT2D eigenvalue weighted by atomic mass is 10.1. The summed E-state index contributed by atoms with van der Waals surface area (Å²) in [6, 6.07) is 7.30. The van der Waals surface area contributed by atoms with Crippen molar-refractivity contribution < 1.29 is 13.2 Å². The second kappa shape index (κ2) is 7.12. The minimum Gasteiger partial charge on any atom is -0.496 e. The molecule has 0 saturated heterocycles. The van der Waals surface area contributed by atoms with Gasteiger partial charge in [0.15, 0.2) is 0 Å². The number of nitrogens with zero attached hydrogens (tertiary/aromatic N) is 1. The van der Waals surface area contributed by atoms with Crippen molar-refractivity contribution in [3.63, 3.8) is 0 Å². The van der Waals surface area contributed by atoms with Crippen LogP contribution in [0.15, 0.2) is 18.2 Å². The average Bonchev–Trinajstić information content (AvgIpc) is 2.36. The average molecular weight is 282 g/mol. The smallest absolute Gasteiger partial charge is 0.147 e. The molecule has 19 heavy (non-hydrogen) atoms. The van der Waals surface area contributed by atoms with E-state index >= 15 is 0 Å². The van der Waals surface area contributed by atoms with Crippen molar-refractivity contribution in [2.24, 2.45) is 0 Å². The SMILES string of the molecule is COc1ccc(C#N)cc1CNCCCS(C)(=O)=O. The Balaban J connectivity index is 2.51. The molecule has 0 amide bonds. The molecular formula is C13H18N2O3S. The van der Waals surface area contributed by atoms with Crippen LogP contribution in [0.2, 0.25) is 0 Å². The third kappa shape index (κ3) is 5.73. The lowest BCUT2D eigenvalue weighted by Gasteiger charge is -2.09. The van der Waals surface area contributed by atoms with Crippen molar-refractivity contribution in [1.29, 1.82) is 5.26 Å². The Kier molecular flexibility index (Phi) is 5.80. The number of sulfone groups is 1. The summed E-state index contributed by atoms with van der Waals surface area (Å²) in [5.74, 6) is 0.893.